The number of carbonyl (C=O) groups is 2. The molecule has 0 unspecified atom stereocenters. The molecule has 0 heterocycles. The van der Waals surface area contributed by atoms with Crippen LogP contribution in [0.2, 0.25) is 10.0 Å². The molecule has 34 heavy (non-hydrogen) atoms. The fraction of sp³-hybridized carbons (Fsp3) is 0.391. The molecule has 2 rings (SSSR count). The third-order valence-corrected chi connectivity index (χ3v) is 6.84. The zero-order valence-electron chi connectivity index (χ0n) is 19.7. The minimum Gasteiger partial charge on any atom is -0.497 e. The Hall–Kier alpha value is -2.49. The number of hydrogen-bond donors (Lipinski definition) is 1. The first-order chi connectivity index (χ1) is 15.8. The van der Waals surface area contributed by atoms with E-state index in [-0.39, 0.29) is 34.2 Å². The van der Waals surface area contributed by atoms with Crippen molar-refractivity contribution in [3.63, 3.8) is 0 Å². The molecule has 2 amide bonds. The van der Waals surface area contributed by atoms with Crippen LogP contribution in [0.3, 0.4) is 0 Å². The standard InChI is InChI=1S/C23H29Cl2N3O5S/c1-15(2)26-23(30)16(3)27(13-17-7-6-8-19(11-17)33-4)22(29)14-28(34(5,31)32)18-9-10-20(24)21(25)12-18/h6-12,15-16H,13-14H2,1-5H3,(H,26,30)/t16-/m1/s1. The van der Waals surface area contributed by atoms with Gasteiger partial charge >= 0.3 is 0 Å². The van der Waals surface area contributed by atoms with Crippen molar-refractivity contribution in [3.8, 4) is 5.75 Å². The first-order valence-electron chi connectivity index (χ1n) is 10.5. The molecule has 0 aliphatic rings. The van der Waals surface area contributed by atoms with Crippen LogP contribution in [0.5, 0.6) is 5.75 Å². The minimum atomic E-state index is -3.86. The summed E-state index contributed by atoms with van der Waals surface area (Å²) in [5, 5.41) is 3.20. The number of nitrogens with one attached hydrogen (secondary N) is 1. The second-order valence-corrected chi connectivity index (χ2v) is 10.8. The molecule has 2 aromatic rings. The summed E-state index contributed by atoms with van der Waals surface area (Å²) in [7, 11) is -2.33. The van der Waals surface area contributed by atoms with Crippen molar-refractivity contribution in [1.82, 2.24) is 10.2 Å². The van der Waals surface area contributed by atoms with Crippen LogP contribution in [-0.2, 0) is 26.2 Å². The van der Waals surface area contributed by atoms with Gasteiger partial charge < -0.3 is 15.0 Å². The Kier molecular flexibility index (Phi) is 9.61. The molecule has 0 aliphatic carbocycles. The van der Waals surface area contributed by atoms with Crippen LogP contribution < -0.4 is 14.4 Å². The van der Waals surface area contributed by atoms with Crippen LogP contribution in [0.25, 0.3) is 0 Å². The molecule has 1 N–H and O–H groups in total. The van der Waals surface area contributed by atoms with Crippen LogP contribution in [0.1, 0.15) is 26.3 Å². The van der Waals surface area contributed by atoms with E-state index in [4.69, 9.17) is 27.9 Å². The smallest absolute Gasteiger partial charge is 0.244 e. The average Bonchev–Trinajstić information content (AvgIpc) is 2.76. The molecule has 1 atom stereocenters. The molecule has 0 bridgehead atoms. The molecule has 0 spiro atoms. The molecule has 0 aliphatic heterocycles. The zero-order valence-corrected chi connectivity index (χ0v) is 22.0. The average molecular weight is 530 g/mol. The second-order valence-electron chi connectivity index (χ2n) is 8.08. The summed E-state index contributed by atoms with van der Waals surface area (Å²) in [5.41, 5.74) is 0.906. The van der Waals surface area contributed by atoms with Crippen molar-refractivity contribution >= 4 is 50.7 Å². The van der Waals surface area contributed by atoms with Gasteiger partial charge in [0.05, 0.1) is 29.1 Å². The lowest BCUT2D eigenvalue weighted by Crippen LogP contribution is -2.52. The number of nitrogens with zero attached hydrogens (tertiary/aromatic N) is 2. The van der Waals surface area contributed by atoms with Gasteiger partial charge in [-0.3, -0.25) is 13.9 Å². The first-order valence-corrected chi connectivity index (χ1v) is 13.1. The van der Waals surface area contributed by atoms with Crippen LogP contribution in [-0.4, -0.2) is 57.1 Å². The number of sulfonamides is 1. The largest absolute Gasteiger partial charge is 0.497 e. The summed E-state index contributed by atoms with van der Waals surface area (Å²) in [5.74, 6) is -0.324. The molecular formula is C23H29Cl2N3O5S. The van der Waals surface area contributed by atoms with E-state index in [9.17, 15) is 18.0 Å². The number of benzene rings is 2. The van der Waals surface area contributed by atoms with Crippen molar-refractivity contribution in [2.45, 2.75) is 39.4 Å². The van der Waals surface area contributed by atoms with Crippen LogP contribution in [0, 0.1) is 0 Å². The summed E-state index contributed by atoms with van der Waals surface area (Å²) in [4.78, 5) is 27.6. The van der Waals surface area contributed by atoms with Gasteiger partial charge in [-0.15, -0.1) is 0 Å². The highest BCUT2D eigenvalue weighted by Gasteiger charge is 2.30. The van der Waals surface area contributed by atoms with E-state index in [1.807, 2.05) is 13.8 Å². The molecular weight excluding hydrogens is 501 g/mol. The van der Waals surface area contributed by atoms with Gasteiger partial charge in [0.15, 0.2) is 0 Å². The summed E-state index contributed by atoms with van der Waals surface area (Å²) in [6.07, 6.45) is 0.990. The van der Waals surface area contributed by atoms with Gasteiger partial charge in [0.2, 0.25) is 21.8 Å². The van der Waals surface area contributed by atoms with Crippen molar-refractivity contribution in [2.75, 3.05) is 24.2 Å². The topological polar surface area (TPSA) is 96.0 Å². The SMILES string of the molecule is COc1cccc(CN(C(=O)CN(c2ccc(Cl)c(Cl)c2)S(C)(=O)=O)[C@H](C)C(=O)NC(C)C)c1. The lowest BCUT2D eigenvalue weighted by molar-refractivity contribution is -0.139. The molecule has 0 aromatic heterocycles. The van der Waals surface area contributed by atoms with Crippen LogP contribution >= 0.6 is 23.2 Å². The lowest BCUT2D eigenvalue weighted by atomic mass is 10.1. The van der Waals surface area contributed by atoms with Gasteiger partial charge in [-0.1, -0.05) is 35.3 Å². The predicted molar refractivity (Wildman–Crippen MR) is 135 cm³/mol. The molecule has 186 valence electrons. The summed E-state index contributed by atoms with van der Waals surface area (Å²) in [6.45, 7) is 4.77. The molecule has 0 radical (unpaired) electrons. The van der Waals surface area contributed by atoms with E-state index in [2.05, 4.69) is 5.32 Å². The Balaban J connectivity index is 2.42. The summed E-state index contributed by atoms with van der Waals surface area (Å²) in [6, 6.07) is 10.4. The maximum Gasteiger partial charge on any atom is 0.244 e. The van der Waals surface area contributed by atoms with Crippen LogP contribution in [0.4, 0.5) is 5.69 Å². The fourth-order valence-electron chi connectivity index (χ4n) is 3.21. The Labute approximate surface area is 210 Å². The highest BCUT2D eigenvalue weighted by atomic mass is 35.5. The Morgan fingerprint density at radius 1 is 1.06 bits per heavy atom. The molecule has 0 saturated carbocycles. The fourth-order valence-corrected chi connectivity index (χ4v) is 4.34. The molecule has 8 nitrogen and oxygen atoms in total. The number of ether oxygens (including phenoxy) is 1. The van der Waals surface area contributed by atoms with Gasteiger partial charge in [0, 0.05) is 12.6 Å². The Morgan fingerprint density at radius 2 is 1.74 bits per heavy atom. The van der Waals surface area contributed by atoms with E-state index < -0.39 is 28.5 Å². The van der Waals surface area contributed by atoms with Crippen molar-refractivity contribution < 1.29 is 22.7 Å². The second kappa shape index (κ2) is 11.8. The number of hydrogen-bond acceptors (Lipinski definition) is 5. The minimum absolute atomic E-state index is 0.0711. The van der Waals surface area contributed by atoms with Crippen molar-refractivity contribution in [3.05, 3.63) is 58.1 Å². The highest BCUT2D eigenvalue weighted by Crippen LogP contribution is 2.28. The summed E-state index contributed by atoms with van der Waals surface area (Å²) < 4.78 is 31.3. The maximum atomic E-state index is 13.5. The number of halogens is 2. The number of methoxy groups -OCH3 is 1. The van der Waals surface area contributed by atoms with E-state index in [1.54, 1.807) is 31.2 Å². The third kappa shape index (κ3) is 7.51. The Morgan fingerprint density at radius 3 is 2.29 bits per heavy atom. The highest BCUT2D eigenvalue weighted by molar-refractivity contribution is 7.92. The number of amides is 2. The molecule has 0 fully saturated rings. The first kappa shape index (κ1) is 27.8. The number of rotatable bonds is 10. The number of carbonyl (C=O) groups excluding carboxylic acids is 2. The summed E-state index contributed by atoms with van der Waals surface area (Å²) >= 11 is 12.0. The van der Waals surface area contributed by atoms with Gasteiger partial charge in [0.1, 0.15) is 18.3 Å². The molecule has 0 saturated heterocycles. The lowest BCUT2D eigenvalue weighted by Gasteiger charge is -2.32. The van der Waals surface area contributed by atoms with E-state index in [0.717, 1.165) is 16.1 Å². The monoisotopic (exact) mass is 529 g/mol. The number of anilines is 1. The van der Waals surface area contributed by atoms with Gasteiger partial charge in [-0.25, -0.2) is 8.42 Å². The molecule has 2 aromatic carbocycles. The van der Waals surface area contributed by atoms with E-state index >= 15 is 0 Å². The van der Waals surface area contributed by atoms with E-state index in [0.29, 0.717) is 5.75 Å². The normalized spacial score (nSPS) is 12.2. The van der Waals surface area contributed by atoms with Crippen molar-refractivity contribution in [2.24, 2.45) is 0 Å². The zero-order chi connectivity index (χ0) is 25.6. The molecule has 11 heteroatoms. The third-order valence-electron chi connectivity index (χ3n) is 4.96. The van der Waals surface area contributed by atoms with Gasteiger partial charge in [0.25, 0.3) is 0 Å². The Bertz CT molecular complexity index is 1140. The van der Waals surface area contributed by atoms with Crippen LogP contribution in [0.15, 0.2) is 42.5 Å². The van der Waals surface area contributed by atoms with Crippen molar-refractivity contribution in [1.29, 1.82) is 0 Å². The van der Waals surface area contributed by atoms with Gasteiger partial charge in [-0.05, 0) is 56.7 Å². The predicted octanol–water partition coefficient (Wildman–Crippen LogP) is 3.71. The maximum absolute atomic E-state index is 13.5. The quantitative estimate of drug-likeness (QED) is 0.506. The van der Waals surface area contributed by atoms with E-state index in [1.165, 1.54) is 30.2 Å². The van der Waals surface area contributed by atoms with Gasteiger partial charge in [-0.2, -0.15) is 0 Å².